The van der Waals surface area contributed by atoms with E-state index in [0.717, 1.165) is 64.1 Å². The van der Waals surface area contributed by atoms with Gasteiger partial charge in [0.15, 0.2) is 5.79 Å². The highest BCUT2D eigenvalue weighted by atomic mass is 16.7. The summed E-state index contributed by atoms with van der Waals surface area (Å²) in [6.07, 6.45) is 5.82. The summed E-state index contributed by atoms with van der Waals surface area (Å²) < 4.78 is 24.1. The van der Waals surface area contributed by atoms with Gasteiger partial charge in [-0.05, 0) is 57.2 Å². The first-order valence-electron chi connectivity index (χ1n) is 13.2. The van der Waals surface area contributed by atoms with E-state index in [1.807, 2.05) is 12.1 Å². The quantitative estimate of drug-likeness (QED) is 0.415. The van der Waals surface area contributed by atoms with Crippen molar-refractivity contribution in [3.05, 3.63) is 29.8 Å². The summed E-state index contributed by atoms with van der Waals surface area (Å²) in [6, 6.07) is 8.33. The Hall–Kier alpha value is -1.18. The Balaban J connectivity index is 1.38. The minimum absolute atomic E-state index is 0.108. The van der Waals surface area contributed by atoms with Gasteiger partial charge in [0.25, 0.3) is 0 Å². The summed E-state index contributed by atoms with van der Waals surface area (Å²) in [5.74, 6) is 0.371. The van der Waals surface area contributed by atoms with E-state index in [1.54, 1.807) is 0 Å². The van der Waals surface area contributed by atoms with Gasteiger partial charge >= 0.3 is 0 Å². The Labute approximate surface area is 206 Å². The van der Waals surface area contributed by atoms with Crippen molar-refractivity contribution in [2.75, 3.05) is 33.0 Å². The number of rotatable bonds is 10. The third-order valence-corrected chi connectivity index (χ3v) is 8.19. The second kappa shape index (κ2) is 10.1. The lowest BCUT2D eigenvalue weighted by Gasteiger charge is -2.61. The number of hydrogen-bond acceptors (Lipinski definition) is 6. The Morgan fingerprint density at radius 1 is 0.941 bits per heavy atom. The zero-order chi connectivity index (χ0) is 24.5. The van der Waals surface area contributed by atoms with Gasteiger partial charge in [-0.3, -0.25) is 4.84 Å². The van der Waals surface area contributed by atoms with Gasteiger partial charge in [0, 0.05) is 23.8 Å². The Morgan fingerprint density at radius 2 is 1.59 bits per heavy atom. The predicted molar refractivity (Wildman–Crippen MR) is 133 cm³/mol. The monoisotopic (exact) mass is 475 g/mol. The van der Waals surface area contributed by atoms with Crippen molar-refractivity contribution in [2.45, 2.75) is 103 Å². The van der Waals surface area contributed by atoms with Gasteiger partial charge in [-0.1, -0.05) is 39.8 Å². The number of benzene rings is 1. The second-order valence-corrected chi connectivity index (χ2v) is 11.5. The van der Waals surface area contributed by atoms with Crippen LogP contribution in [0.15, 0.2) is 24.3 Å². The summed E-state index contributed by atoms with van der Waals surface area (Å²) >= 11 is 0. The number of piperidine rings is 1. The third kappa shape index (κ3) is 5.62. The predicted octanol–water partition coefficient (Wildman–Crippen LogP) is 5.53. The van der Waals surface area contributed by atoms with Gasteiger partial charge in [0.05, 0.1) is 32.0 Å². The second-order valence-electron chi connectivity index (χ2n) is 11.5. The number of epoxide rings is 1. The summed E-state index contributed by atoms with van der Waals surface area (Å²) in [5, 5.41) is 2.29. The van der Waals surface area contributed by atoms with Crippen molar-refractivity contribution in [3.8, 4) is 5.75 Å². The third-order valence-electron chi connectivity index (χ3n) is 8.19. The van der Waals surface area contributed by atoms with Crippen LogP contribution in [0.2, 0.25) is 0 Å². The van der Waals surface area contributed by atoms with Crippen LogP contribution in [0.25, 0.3) is 0 Å². The summed E-state index contributed by atoms with van der Waals surface area (Å²) in [7, 11) is 0. The van der Waals surface area contributed by atoms with E-state index in [1.165, 1.54) is 5.56 Å². The number of hydrogen-bond donors (Lipinski definition) is 0. The van der Waals surface area contributed by atoms with Gasteiger partial charge in [-0.25, -0.2) is 0 Å². The molecule has 0 N–H and O–H groups in total. The molecule has 192 valence electrons. The van der Waals surface area contributed by atoms with Crippen molar-refractivity contribution >= 4 is 0 Å². The molecule has 6 heteroatoms. The van der Waals surface area contributed by atoms with Crippen molar-refractivity contribution in [3.63, 3.8) is 0 Å². The normalized spacial score (nSPS) is 32.6. The molecule has 1 unspecified atom stereocenters. The Morgan fingerprint density at radius 3 is 2.15 bits per heavy atom. The van der Waals surface area contributed by atoms with Crippen LogP contribution in [0.3, 0.4) is 0 Å². The minimum atomic E-state index is -0.522. The molecule has 6 nitrogen and oxygen atoms in total. The molecule has 1 atom stereocenters. The molecule has 0 amide bonds. The Kier molecular flexibility index (Phi) is 7.66. The molecule has 0 radical (unpaired) electrons. The van der Waals surface area contributed by atoms with Crippen LogP contribution in [-0.4, -0.2) is 61.1 Å². The van der Waals surface area contributed by atoms with Crippen molar-refractivity contribution in [1.29, 1.82) is 0 Å². The zero-order valence-electron chi connectivity index (χ0n) is 22.2. The van der Waals surface area contributed by atoms with Gasteiger partial charge in [0.2, 0.25) is 0 Å². The lowest BCUT2D eigenvalue weighted by Crippen LogP contribution is -2.69. The molecule has 3 fully saturated rings. The molecule has 0 bridgehead atoms. The van der Waals surface area contributed by atoms with Crippen LogP contribution >= 0.6 is 0 Å². The SMILES string of the molecule is CCC1(C)COC2(CC(C)(C)N(OCCc3ccc(OCC4CO4)cc3)C(CC)(CC)C2)OC1. The van der Waals surface area contributed by atoms with Crippen LogP contribution in [-0.2, 0) is 25.5 Å². The molecule has 0 aliphatic carbocycles. The van der Waals surface area contributed by atoms with Crippen LogP contribution in [0.5, 0.6) is 5.75 Å². The van der Waals surface area contributed by atoms with Crippen LogP contribution < -0.4 is 4.74 Å². The lowest BCUT2D eigenvalue weighted by atomic mass is 9.72. The van der Waals surface area contributed by atoms with Crippen molar-refractivity contribution < 1.29 is 23.8 Å². The molecule has 4 rings (SSSR count). The zero-order valence-corrected chi connectivity index (χ0v) is 22.2. The molecule has 3 heterocycles. The molecule has 34 heavy (non-hydrogen) atoms. The van der Waals surface area contributed by atoms with Crippen LogP contribution in [0, 0.1) is 5.41 Å². The van der Waals surface area contributed by atoms with E-state index in [9.17, 15) is 0 Å². The van der Waals surface area contributed by atoms with Gasteiger partial charge in [0.1, 0.15) is 18.5 Å². The van der Waals surface area contributed by atoms with Crippen molar-refractivity contribution in [2.24, 2.45) is 5.41 Å². The molecule has 1 spiro atoms. The highest BCUT2D eigenvalue weighted by molar-refractivity contribution is 5.27. The molecule has 3 saturated heterocycles. The summed E-state index contributed by atoms with van der Waals surface area (Å²) in [4.78, 5) is 6.59. The average Bonchev–Trinajstić information content (AvgIpc) is 3.66. The van der Waals surface area contributed by atoms with E-state index >= 15 is 0 Å². The van der Waals surface area contributed by atoms with Crippen molar-refractivity contribution in [1.82, 2.24) is 5.06 Å². The molecule has 3 aliphatic heterocycles. The standard InChI is InChI=1S/C28H45NO5/c1-7-26(6)20-32-28(33-21-26)18-25(4,5)29(27(8-2,9-3)19-28)34-15-14-22-10-12-23(13-11-22)30-16-24-17-31-24/h10-13,24H,7-9,14-21H2,1-6H3. The van der Waals surface area contributed by atoms with Gasteiger partial charge in [-0.2, -0.15) is 5.06 Å². The van der Waals surface area contributed by atoms with E-state index in [-0.39, 0.29) is 22.6 Å². The van der Waals surface area contributed by atoms with Crippen LogP contribution in [0.4, 0.5) is 0 Å². The first kappa shape index (κ1) is 25.9. The first-order chi connectivity index (χ1) is 16.2. The van der Waals surface area contributed by atoms with Gasteiger partial charge < -0.3 is 18.9 Å². The fraction of sp³-hybridized carbons (Fsp3) is 0.786. The first-order valence-corrected chi connectivity index (χ1v) is 13.2. The maximum Gasteiger partial charge on any atom is 0.172 e. The fourth-order valence-electron chi connectivity index (χ4n) is 5.57. The van der Waals surface area contributed by atoms with E-state index < -0.39 is 5.79 Å². The number of hydroxylamine groups is 2. The largest absolute Gasteiger partial charge is 0.491 e. The molecular formula is C28H45NO5. The highest BCUT2D eigenvalue weighted by Crippen LogP contribution is 2.51. The Bertz CT molecular complexity index is 792. The van der Waals surface area contributed by atoms with E-state index in [2.05, 4.69) is 58.7 Å². The summed E-state index contributed by atoms with van der Waals surface area (Å²) in [6.45, 7) is 17.2. The minimum Gasteiger partial charge on any atom is -0.491 e. The maximum atomic E-state index is 6.59. The molecule has 3 aliphatic rings. The topological polar surface area (TPSA) is 52.7 Å². The highest BCUT2D eigenvalue weighted by Gasteiger charge is 2.59. The van der Waals surface area contributed by atoms with Crippen LogP contribution in [0.1, 0.15) is 79.2 Å². The van der Waals surface area contributed by atoms with E-state index in [4.69, 9.17) is 23.8 Å². The molecule has 0 aromatic heterocycles. The summed E-state index contributed by atoms with van der Waals surface area (Å²) in [5.41, 5.74) is 1.03. The maximum absolute atomic E-state index is 6.59. The lowest BCUT2D eigenvalue weighted by molar-refractivity contribution is -0.386. The average molecular weight is 476 g/mol. The molecular weight excluding hydrogens is 430 g/mol. The van der Waals surface area contributed by atoms with E-state index in [0.29, 0.717) is 13.2 Å². The fourth-order valence-corrected chi connectivity index (χ4v) is 5.57. The molecule has 1 aromatic rings. The smallest absolute Gasteiger partial charge is 0.172 e. The molecule has 1 aromatic carbocycles. The molecule has 0 saturated carbocycles. The number of ether oxygens (including phenoxy) is 4. The van der Waals surface area contributed by atoms with Gasteiger partial charge in [-0.15, -0.1) is 0 Å². The number of nitrogens with zero attached hydrogens (tertiary/aromatic N) is 1.